The highest BCUT2D eigenvalue weighted by atomic mass is 32.1. The summed E-state index contributed by atoms with van der Waals surface area (Å²) in [5, 5.41) is 17.7. The number of rotatable bonds is 4. The number of nitrogens with zero attached hydrogens (tertiary/aromatic N) is 3. The van der Waals surface area contributed by atoms with Crippen LogP contribution in [0.3, 0.4) is 0 Å². The molecule has 0 amide bonds. The molecule has 0 fully saturated rings. The molecular weight excluding hydrogens is 330 g/mol. The van der Waals surface area contributed by atoms with Gasteiger partial charge in [0.1, 0.15) is 11.3 Å². The van der Waals surface area contributed by atoms with E-state index in [0.29, 0.717) is 22.1 Å². The number of aliphatic hydroxyl groups is 1. The zero-order valence-electron chi connectivity index (χ0n) is 12.4. The second kappa shape index (κ2) is 6.95. The molecule has 3 aromatic heterocycles. The molecule has 0 spiro atoms. The van der Waals surface area contributed by atoms with Gasteiger partial charge >= 0.3 is 0 Å². The fourth-order valence-electron chi connectivity index (χ4n) is 2.03. The minimum absolute atomic E-state index is 0.0276. The first-order chi connectivity index (χ1) is 11.2. The molecule has 0 atom stereocenters. The molecule has 3 N–H and O–H groups in total. The maximum absolute atomic E-state index is 9.17. The van der Waals surface area contributed by atoms with E-state index in [-0.39, 0.29) is 6.61 Å². The lowest BCUT2D eigenvalue weighted by molar-refractivity contribution is 0.285. The third kappa shape index (κ3) is 3.61. The number of fused-ring (bicyclic) bond motifs is 1. The number of hydrogen-bond acceptors (Lipinski definition) is 6. The van der Waals surface area contributed by atoms with E-state index in [9.17, 15) is 0 Å². The predicted molar refractivity (Wildman–Crippen MR) is 96.5 cm³/mol. The standard InChI is InChI=1S/C15H15N5OS2/c1-2-16-15(22)20-13-4-3-11-14(19-13)18-12(6-17-11)9-5-10(7-21)23-8-9/h3-6,8,21H,2,7H2,1H3,(H2,16,18,19,20,22). The first-order valence-electron chi connectivity index (χ1n) is 7.07. The van der Waals surface area contributed by atoms with Crippen LogP contribution in [-0.4, -0.2) is 31.7 Å². The van der Waals surface area contributed by atoms with Gasteiger partial charge < -0.3 is 15.7 Å². The Balaban J connectivity index is 1.92. The highest BCUT2D eigenvalue weighted by molar-refractivity contribution is 7.80. The van der Waals surface area contributed by atoms with E-state index in [1.807, 2.05) is 30.5 Å². The summed E-state index contributed by atoms with van der Waals surface area (Å²) in [6, 6.07) is 5.57. The van der Waals surface area contributed by atoms with E-state index in [1.165, 1.54) is 11.3 Å². The van der Waals surface area contributed by atoms with Crippen LogP contribution in [-0.2, 0) is 6.61 Å². The Kier molecular flexibility index (Phi) is 4.75. The zero-order chi connectivity index (χ0) is 16.2. The molecule has 8 heteroatoms. The largest absolute Gasteiger partial charge is 0.391 e. The highest BCUT2D eigenvalue weighted by Gasteiger charge is 2.07. The summed E-state index contributed by atoms with van der Waals surface area (Å²) >= 11 is 6.65. The van der Waals surface area contributed by atoms with Crippen LogP contribution in [0.25, 0.3) is 22.4 Å². The normalized spacial score (nSPS) is 10.7. The van der Waals surface area contributed by atoms with E-state index < -0.39 is 0 Å². The van der Waals surface area contributed by atoms with E-state index in [4.69, 9.17) is 17.3 Å². The van der Waals surface area contributed by atoms with Crippen molar-refractivity contribution in [3.05, 3.63) is 34.7 Å². The average molecular weight is 345 g/mol. The van der Waals surface area contributed by atoms with Gasteiger partial charge in [-0.2, -0.15) is 0 Å². The maximum Gasteiger partial charge on any atom is 0.180 e. The number of aliphatic hydroxyl groups excluding tert-OH is 1. The lowest BCUT2D eigenvalue weighted by Crippen LogP contribution is -2.28. The van der Waals surface area contributed by atoms with Gasteiger partial charge in [-0.3, -0.25) is 4.98 Å². The number of anilines is 1. The van der Waals surface area contributed by atoms with Gasteiger partial charge in [-0.05, 0) is 37.3 Å². The zero-order valence-corrected chi connectivity index (χ0v) is 14.0. The fraction of sp³-hybridized carbons (Fsp3) is 0.200. The van der Waals surface area contributed by atoms with Gasteiger partial charge in [0.2, 0.25) is 0 Å². The summed E-state index contributed by atoms with van der Waals surface area (Å²) in [7, 11) is 0. The van der Waals surface area contributed by atoms with Crippen molar-refractivity contribution in [2.45, 2.75) is 13.5 Å². The van der Waals surface area contributed by atoms with Crippen LogP contribution in [0.2, 0.25) is 0 Å². The molecule has 0 aliphatic carbocycles. The molecular formula is C15H15N5OS2. The first kappa shape index (κ1) is 15.7. The monoisotopic (exact) mass is 345 g/mol. The van der Waals surface area contributed by atoms with Crippen LogP contribution >= 0.6 is 23.6 Å². The summed E-state index contributed by atoms with van der Waals surface area (Å²) in [6.07, 6.45) is 1.71. The molecule has 3 heterocycles. The van der Waals surface area contributed by atoms with Gasteiger partial charge in [-0.1, -0.05) is 0 Å². The Bertz CT molecular complexity index is 849. The summed E-state index contributed by atoms with van der Waals surface area (Å²) < 4.78 is 0. The molecule has 0 saturated heterocycles. The van der Waals surface area contributed by atoms with Crippen molar-refractivity contribution in [2.75, 3.05) is 11.9 Å². The van der Waals surface area contributed by atoms with E-state index >= 15 is 0 Å². The van der Waals surface area contributed by atoms with Crippen LogP contribution in [0, 0.1) is 0 Å². The van der Waals surface area contributed by atoms with Crippen molar-refractivity contribution in [1.82, 2.24) is 20.3 Å². The van der Waals surface area contributed by atoms with Crippen molar-refractivity contribution in [3.63, 3.8) is 0 Å². The number of pyridine rings is 1. The Morgan fingerprint density at radius 3 is 2.96 bits per heavy atom. The third-order valence-electron chi connectivity index (χ3n) is 3.09. The Hall–Kier alpha value is -2.16. The van der Waals surface area contributed by atoms with Crippen molar-refractivity contribution < 1.29 is 5.11 Å². The van der Waals surface area contributed by atoms with Crippen molar-refractivity contribution in [2.24, 2.45) is 0 Å². The molecule has 0 saturated carbocycles. The van der Waals surface area contributed by atoms with Crippen molar-refractivity contribution >= 4 is 45.6 Å². The van der Waals surface area contributed by atoms with Crippen LogP contribution in [0.1, 0.15) is 11.8 Å². The molecule has 23 heavy (non-hydrogen) atoms. The summed E-state index contributed by atoms with van der Waals surface area (Å²) in [6.45, 7) is 2.75. The Labute approximate surface area is 142 Å². The molecule has 0 radical (unpaired) electrons. The highest BCUT2D eigenvalue weighted by Crippen LogP contribution is 2.25. The van der Waals surface area contributed by atoms with E-state index in [1.54, 1.807) is 6.20 Å². The van der Waals surface area contributed by atoms with Gasteiger partial charge in [0.25, 0.3) is 0 Å². The lowest BCUT2D eigenvalue weighted by Gasteiger charge is -2.08. The van der Waals surface area contributed by atoms with Gasteiger partial charge in [-0.15, -0.1) is 11.3 Å². The molecule has 3 aromatic rings. The van der Waals surface area contributed by atoms with Gasteiger partial charge in [-0.25, -0.2) is 9.97 Å². The van der Waals surface area contributed by atoms with E-state index in [2.05, 4.69) is 25.6 Å². The van der Waals surface area contributed by atoms with Crippen molar-refractivity contribution in [1.29, 1.82) is 0 Å². The molecule has 6 nitrogen and oxygen atoms in total. The Morgan fingerprint density at radius 1 is 1.35 bits per heavy atom. The van der Waals surface area contributed by atoms with E-state index in [0.717, 1.165) is 22.7 Å². The second-order valence-electron chi connectivity index (χ2n) is 4.74. The molecule has 0 aromatic carbocycles. The SMILES string of the molecule is CCNC(=S)Nc1ccc2ncc(-c3csc(CO)c3)nc2n1. The first-order valence-corrected chi connectivity index (χ1v) is 8.35. The van der Waals surface area contributed by atoms with Crippen LogP contribution in [0.15, 0.2) is 29.8 Å². The molecule has 0 unspecified atom stereocenters. The molecule has 3 rings (SSSR count). The van der Waals surface area contributed by atoms with Gasteiger partial charge in [0.05, 0.1) is 18.5 Å². The molecule has 118 valence electrons. The number of thiocarbonyl (C=S) groups is 1. The van der Waals surface area contributed by atoms with Crippen LogP contribution < -0.4 is 10.6 Å². The van der Waals surface area contributed by atoms with Gasteiger partial charge in [0.15, 0.2) is 10.8 Å². The maximum atomic E-state index is 9.17. The average Bonchev–Trinajstić information content (AvgIpc) is 3.03. The smallest absolute Gasteiger partial charge is 0.180 e. The summed E-state index contributed by atoms with van der Waals surface area (Å²) in [5.41, 5.74) is 2.92. The minimum Gasteiger partial charge on any atom is -0.391 e. The predicted octanol–water partition coefficient (Wildman–Crippen LogP) is 2.55. The van der Waals surface area contributed by atoms with Crippen molar-refractivity contribution in [3.8, 4) is 11.3 Å². The van der Waals surface area contributed by atoms with Crippen LogP contribution in [0.5, 0.6) is 0 Å². The van der Waals surface area contributed by atoms with Crippen LogP contribution in [0.4, 0.5) is 5.82 Å². The quantitative estimate of drug-likeness (QED) is 0.627. The third-order valence-corrected chi connectivity index (χ3v) is 4.26. The topological polar surface area (TPSA) is 83.0 Å². The molecule has 0 aliphatic rings. The summed E-state index contributed by atoms with van der Waals surface area (Å²) in [4.78, 5) is 14.3. The minimum atomic E-state index is 0.0276. The lowest BCUT2D eigenvalue weighted by atomic mass is 10.2. The summed E-state index contributed by atoms with van der Waals surface area (Å²) in [5.74, 6) is 0.622. The molecule has 0 aliphatic heterocycles. The number of aromatic nitrogens is 3. The Morgan fingerprint density at radius 2 is 2.22 bits per heavy atom. The van der Waals surface area contributed by atoms with Gasteiger partial charge in [0, 0.05) is 22.4 Å². The number of hydrogen-bond donors (Lipinski definition) is 3. The number of thiophene rings is 1. The second-order valence-corrected chi connectivity index (χ2v) is 6.14. The number of nitrogens with one attached hydrogen (secondary N) is 2. The fourth-order valence-corrected chi connectivity index (χ4v) is 3.01. The molecule has 0 bridgehead atoms.